The third-order valence-corrected chi connectivity index (χ3v) is 4.69. The molecule has 0 radical (unpaired) electrons. The lowest BCUT2D eigenvalue weighted by molar-refractivity contribution is -0.113. The molecular weight excluding hydrogens is 367 g/mol. The van der Waals surface area contributed by atoms with Crippen molar-refractivity contribution in [2.75, 3.05) is 12.0 Å². The number of rotatable bonds is 4. The maximum absolute atomic E-state index is 13.4. The summed E-state index contributed by atoms with van der Waals surface area (Å²) in [6, 6.07) is 21.0. The molecule has 0 atom stereocenters. The summed E-state index contributed by atoms with van der Waals surface area (Å²) in [5.41, 5.74) is 3.49. The van der Waals surface area contributed by atoms with Gasteiger partial charge in [0.05, 0.1) is 12.8 Å². The molecule has 1 amide bonds. The molecule has 1 aliphatic heterocycles. The van der Waals surface area contributed by atoms with Crippen LogP contribution in [-0.4, -0.2) is 18.9 Å². The van der Waals surface area contributed by atoms with Crippen LogP contribution in [0.3, 0.4) is 0 Å². The number of para-hydroxylation sites is 1. The highest BCUT2D eigenvalue weighted by atomic mass is 19.1. The number of carbonyl (C=O) groups excluding carboxylic acids is 1. The molecule has 0 N–H and O–H groups in total. The summed E-state index contributed by atoms with van der Waals surface area (Å²) in [4.78, 5) is 19.4. The molecule has 4 rings (SSSR count). The van der Waals surface area contributed by atoms with Crippen LogP contribution in [0.4, 0.5) is 10.1 Å². The lowest BCUT2D eigenvalue weighted by Crippen LogP contribution is -2.32. The Hall–Kier alpha value is -3.73. The molecule has 4 nitrogen and oxygen atoms in total. The summed E-state index contributed by atoms with van der Waals surface area (Å²) < 4.78 is 18.8. The van der Waals surface area contributed by atoms with Gasteiger partial charge >= 0.3 is 0 Å². The lowest BCUT2D eigenvalue weighted by Gasteiger charge is -2.18. The summed E-state index contributed by atoms with van der Waals surface area (Å²) in [5, 5.41) is 0. The van der Waals surface area contributed by atoms with E-state index in [2.05, 4.69) is 4.99 Å². The van der Waals surface area contributed by atoms with Crippen molar-refractivity contribution in [1.82, 2.24) is 0 Å². The summed E-state index contributed by atoms with van der Waals surface area (Å²) in [5.74, 6) is 0.518. The van der Waals surface area contributed by atoms with Gasteiger partial charge < -0.3 is 4.74 Å². The number of halogens is 1. The van der Waals surface area contributed by atoms with Gasteiger partial charge in [0.15, 0.2) is 0 Å². The van der Waals surface area contributed by atoms with E-state index >= 15 is 0 Å². The van der Waals surface area contributed by atoms with Crippen molar-refractivity contribution in [2.24, 2.45) is 4.99 Å². The Morgan fingerprint density at radius 1 is 0.966 bits per heavy atom. The van der Waals surface area contributed by atoms with Crippen molar-refractivity contribution in [2.45, 2.75) is 6.92 Å². The van der Waals surface area contributed by atoms with Gasteiger partial charge in [-0.2, -0.15) is 0 Å². The second-order valence-corrected chi connectivity index (χ2v) is 6.69. The number of hydrogen-bond donors (Lipinski definition) is 0. The van der Waals surface area contributed by atoms with Crippen LogP contribution in [-0.2, 0) is 4.79 Å². The van der Waals surface area contributed by atoms with E-state index in [1.165, 1.54) is 12.1 Å². The molecule has 0 bridgehead atoms. The van der Waals surface area contributed by atoms with Crippen LogP contribution in [0, 0.1) is 12.7 Å². The van der Waals surface area contributed by atoms with Crippen LogP contribution >= 0.6 is 0 Å². The highest BCUT2D eigenvalue weighted by Gasteiger charge is 2.32. The molecule has 5 heteroatoms. The topological polar surface area (TPSA) is 41.9 Å². The van der Waals surface area contributed by atoms with Crippen LogP contribution in [0.15, 0.2) is 83.5 Å². The third kappa shape index (κ3) is 3.67. The van der Waals surface area contributed by atoms with Crippen molar-refractivity contribution in [3.05, 3.63) is 101 Å². The molecule has 0 aliphatic carbocycles. The first-order valence-corrected chi connectivity index (χ1v) is 9.17. The maximum atomic E-state index is 13.4. The fourth-order valence-electron chi connectivity index (χ4n) is 3.18. The van der Waals surface area contributed by atoms with Gasteiger partial charge in [0.1, 0.15) is 23.1 Å². The summed E-state index contributed by atoms with van der Waals surface area (Å²) in [6.45, 7) is 1.98. The van der Waals surface area contributed by atoms with Crippen molar-refractivity contribution < 1.29 is 13.9 Å². The lowest BCUT2D eigenvalue weighted by atomic mass is 10.1. The molecular formula is C24H19FN2O2. The van der Waals surface area contributed by atoms with E-state index in [-0.39, 0.29) is 17.4 Å². The van der Waals surface area contributed by atoms with Crippen molar-refractivity contribution in [1.29, 1.82) is 0 Å². The number of anilines is 1. The van der Waals surface area contributed by atoms with Gasteiger partial charge in [0.2, 0.25) is 0 Å². The SMILES string of the molecule is COc1ccccc1/C=C1/N=C(c2ccc(F)cc2)N(c2ccc(C)cc2)C1=O. The second-order valence-electron chi connectivity index (χ2n) is 6.69. The number of benzene rings is 3. The molecule has 1 aliphatic rings. The first-order chi connectivity index (χ1) is 14.1. The van der Waals surface area contributed by atoms with Gasteiger partial charge in [-0.25, -0.2) is 9.38 Å². The molecule has 0 saturated carbocycles. The smallest absolute Gasteiger partial charge is 0.282 e. The summed E-state index contributed by atoms with van der Waals surface area (Å²) in [7, 11) is 1.58. The van der Waals surface area contributed by atoms with Crippen LogP contribution in [0.25, 0.3) is 6.08 Å². The third-order valence-electron chi connectivity index (χ3n) is 4.69. The highest BCUT2D eigenvalue weighted by molar-refractivity contribution is 6.33. The molecule has 0 saturated heterocycles. The minimum atomic E-state index is -0.342. The molecule has 0 aromatic heterocycles. The predicted octanol–water partition coefficient (Wildman–Crippen LogP) is 4.98. The zero-order valence-electron chi connectivity index (χ0n) is 16.1. The fraction of sp³-hybridized carbons (Fsp3) is 0.0833. The normalized spacial score (nSPS) is 15.0. The van der Waals surface area contributed by atoms with Gasteiger partial charge in [0.25, 0.3) is 5.91 Å². The number of aliphatic imine (C=N–C) groups is 1. The molecule has 0 fully saturated rings. The van der Waals surface area contributed by atoms with Gasteiger partial charge in [-0.3, -0.25) is 9.69 Å². The largest absolute Gasteiger partial charge is 0.496 e. The van der Waals surface area contributed by atoms with E-state index in [1.54, 1.807) is 30.2 Å². The molecule has 144 valence electrons. The average Bonchev–Trinajstić information content (AvgIpc) is 3.06. The Labute approximate surface area is 168 Å². The predicted molar refractivity (Wildman–Crippen MR) is 113 cm³/mol. The molecule has 0 unspecified atom stereocenters. The molecule has 1 heterocycles. The summed E-state index contributed by atoms with van der Waals surface area (Å²) >= 11 is 0. The molecule has 3 aromatic carbocycles. The Kier molecular flexibility index (Phi) is 4.96. The number of nitrogens with zero attached hydrogens (tertiary/aromatic N) is 2. The number of ether oxygens (including phenoxy) is 1. The quantitative estimate of drug-likeness (QED) is 0.594. The van der Waals surface area contributed by atoms with Gasteiger partial charge in [-0.15, -0.1) is 0 Å². The van der Waals surface area contributed by atoms with E-state index in [0.29, 0.717) is 22.8 Å². The maximum Gasteiger partial charge on any atom is 0.282 e. The van der Waals surface area contributed by atoms with E-state index in [0.717, 1.165) is 11.1 Å². The number of carbonyl (C=O) groups is 1. The number of amidine groups is 1. The minimum absolute atomic E-state index is 0.251. The Bertz CT molecular complexity index is 1120. The van der Waals surface area contributed by atoms with E-state index < -0.39 is 0 Å². The summed E-state index contributed by atoms with van der Waals surface area (Å²) in [6.07, 6.45) is 1.71. The number of aryl methyl sites for hydroxylation is 1. The minimum Gasteiger partial charge on any atom is -0.496 e. The van der Waals surface area contributed by atoms with Crippen molar-refractivity contribution in [3.63, 3.8) is 0 Å². The Morgan fingerprint density at radius 3 is 2.34 bits per heavy atom. The van der Waals surface area contributed by atoms with E-state index in [1.807, 2.05) is 55.5 Å². The fourth-order valence-corrected chi connectivity index (χ4v) is 3.18. The zero-order chi connectivity index (χ0) is 20.4. The monoisotopic (exact) mass is 386 g/mol. The number of methoxy groups -OCH3 is 1. The van der Waals surface area contributed by atoms with E-state index in [4.69, 9.17) is 4.74 Å². The van der Waals surface area contributed by atoms with Gasteiger partial charge in [0, 0.05) is 11.1 Å². The zero-order valence-corrected chi connectivity index (χ0v) is 16.1. The van der Waals surface area contributed by atoms with Crippen LogP contribution in [0.2, 0.25) is 0 Å². The average molecular weight is 386 g/mol. The van der Waals surface area contributed by atoms with Crippen LogP contribution < -0.4 is 9.64 Å². The van der Waals surface area contributed by atoms with Crippen LogP contribution in [0.5, 0.6) is 5.75 Å². The van der Waals surface area contributed by atoms with Gasteiger partial charge in [-0.1, -0.05) is 35.9 Å². The standard InChI is InChI=1S/C24H19FN2O2/c1-16-7-13-20(14-8-16)27-23(17-9-11-19(25)12-10-17)26-21(24(27)28)15-18-5-3-4-6-22(18)29-2/h3-15H,1-2H3/b21-15+. The second kappa shape index (κ2) is 7.72. The first-order valence-electron chi connectivity index (χ1n) is 9.17. The van der Waals surface area contributed by atoms with Crippen molar-refractivity contribution in [3.8, 4) is 5.75 Å². The number of hydrogen-bond acceptors (Lipinski definition) is 3. The van der Waals surface area contributed by atoms with Crippen molar-refractivity contribution >= 4 is 23.5 Å². The van der Waals surface area contributed by atoms with E-state index in [9.17, 15) is 9.18 Å². The Balaban J connectivity index is 1.83. The molecule has 3 aromatic rings. The molecule has 0 spiro atoms. The Morgan fingerprint density at radius 2 is 1.66 bits per heavy atom. The van der Waals surface area contributed by atoms with Gasteiger partial charge in [-0.05, 0) is 55.5 Å². The van der Waals surface area contributed by atoms with Crippen LogP contribution in [0.1, 0.15) is 16.7 Å². The first kappa shape index (κ1) is 18.6. The highest BCUT2D eigenvalue weighted by Crippen LogP contribution is 2.30. The molecule has 29 heavy (non-hydrogen) atoms. The number of amides is 1.